The number of carbonyl (C=O) groups excluding carboxylic acids is 1. The average molecular weight is 200 g/mol. The van der Waals surface area contributed by atoms with Crippen molar-refractivity contribution in [3.05, 3.63) is 12.7 Å². The summed E-state index contributed by atoms with van der Waals surface area (Å²) in [7, 11) is 0. The van der Waals surface area contributed by atoms with Gasteiger partial charge in [-0.15, -0.1) is 0 Å². The quantitative estimate of drug-likeness (QED) is 0.497. The summed E-state index contributed by atoms with van der Waals surface area (Å²) in [4.78, 5) is 11.0. The van der Waals surface area contributed by atoms with Crippen LogP contribution in [0, 0.1) is 0 Å². The Kier molecular flexibility index (Phi) is 4.10. The summed E-state index contributed by atoms with van der Waals surface area (Å²) < 4.78 is 15.8. The van der Waals surface area contributed by atoms with Crippen LogP contribution >= 0.6 is 0 Å². The fraction of sp³-hybridized carbons (Fsp3) is 0.700. The number of carbonyl (C=O) groups is 1. The van der Waals surface area contributed by atoms with Crippen LogP contribution in [0.15, 0.2) is 12.7 Å². The van der Waals surface area contributed by atoms with Gasteiger partial charge >= 0.3 is 5.97 Å². The summed E-state index contributed by atoms with van der Waals surface area (Å²) in [5.41, 5.74) is 0. The summed E-state index contributed by atoms with van der Waals surface area (Å²) in [6.45, 7) is 6.57. The molecule has 4 heteroatoms. The first-order chi connectivity index (χ1) is 6.66. The van der Waals surface area contributed by atoms with Gasteiger partial charge < -0.3 is 14.2 Å². The van der Waals surface area contributed by atoms with Crippen molar-refractivity contribution < 1.29 is 19.0 Å². The van der Waals surface area contributed by atoms with Crippen LogP contribution in [-0.4, -0.2) is 31.6 Å². The molecular weight excluding hydrogens is 184 g/mol. The van der Waals surface area contributed by atoms with E-state index in [0.717, 1.165) is 18.9 Å². The van der Waals surface area contributed by atoms with E-state index in [9.17, 15) is 4.79 Å². The van der Waals surface area contributed by atoms with Crippen molar-refractivity contribution in [3.8, 4) is 0 Å². The van der Waals surface area contributed by atoms with Crippen molar-refractivity contribution >= 4 is 5.97 Å². The molecule has 14 heavy (non-hydrogen) atoms. The van der Waals surface area contributed by atoms with Gasteiger partial charge in [0.05, 0.1) is 6.61 Å². The van der Waals surface area contributed by atoms with Crippen molar-refractivity contribution in [2.45, 2.75) is 25.6 Å². The molecule has 1 atom stereocenters. The third-order valence-electron chi connectivity index (χ3n) is 1.94. The van der Waals surface area contributed by atoms with Gasteiger partial charge in [0.25, 0.3) is 0 Å². The lowest BCUT2D eigenvalue weighted by Gasteiger charge is -2.30. The Hall–Kier alpha value is -0.870. The van der Waals surface area contributed by atoms with Crippen molar-refractivity contribution in [2.75, 3.05) is 19.8 Å². The second kappa shape index (κ2) is 5.12. The van der Waals surface area contributed by atoms with Crippen molar-refractivity contribution in [1.29, 1.82) is 0 Å². The van der Waals surface area contributed by atoms with Gasteiger partial charge in [-0.1, -0.05) is 6.58 Å². The Bertz CT molecular complexity index is 204. The third kappa shape index (κ3) is 3.47. The van der Waals surface area contributed by atoms with Gasteiger partial charge in [-0.25, -0.2) is 4.79 Å². The smallest absolute Gasteiger partial charge is 0.332 e. The second-order valence-corrected chi connectivity index (χ2v) is 3.37. The Morgan fingerprint density at radius 3 is 2.93 bits per heavy atom. The van der Waals surface area contributed by atoms with Gasteiger partial charge in [0.15, 0.2) is 0 Å². The monoisotopic (exact) mass is 200 g/mol. The molecule has 0 aromatic rings. The van der Waals surface area contributed by atoms with Crippen molar-refractivity contribution in [3.63, 3.8) is 0 Å². The number of hydrogen-bond acceptors (Lipinski definition) is 4. The van der Waals surface area contributed by atoms with Crippen molar-refractivity contribution in [1.82, 2.24) is 0 Å². The lowest BCUT2D eigenvalue weighted by atomic mass is 10.3. The van der Waals surface area contributed by atoms with Crippen LogP contribution in [0.3, 0.4) is 0 Å². The molecule has 0 aromatic heterocycles. The van der Waals surface area contributed by atoms with Crippen LogP contribution in [0.25, 0.3) is 0 Å². The molecule has 1 unspecified atom stereocenters. The highest BCUT2D eigenvalue weighted by atomic mass is 16.7. The predicted octanol–water partition coefficient (Wildman–Crippen LogP) is 1.26. The van der Waals surface area contributed by atoms with E-state index in [0.29, 0.717) is 13.2 Å². The zero-order chi connectivity index (χ0) is 10.4. The molecule has 0 N–H and O–H groups in total. The SMILES string of the molecule is C=CC(=O)OC1(C)COCCCCO1. The lowest BCUT2D eigenvalue weighted by Crippen LogP contribution is -2.40. The summed E-state index contributed by atoms with van der Waals surface area (Å²) in [6, 6.07) is 0. The Labute approximate surface area is 83.8 Å². The molecule has 1 saturated heterocycles. The van der Waals surface area contributed by atoms with Gasteiger partial charge in [0, 0.05) is 19.6 Å². The number of esters is 1. The van der Waals surface area contributed by atoms with Crippen LogP contribution in [0.1, 0.15) is 19.8 Å². The van der Waals surface area contributed by atoms with Crippen LogP contribution < -0.4 is 0 Å². The minimum atomic E-state index is -0.967. The highest BCUT2D eigenvalue weighted by Gasteiger charge is 2.30. The first kappa shape index (κ1) is 11.2. The maximum Gasteiger partial charge on any atom is 0.332 e. The van der Waals surface area contributed by atoms with E-state index in [2.05, 4.69) is 6.58 Å². The van der Waals surface area contributed by atoms with Crippen LogP contribution in [0.2, 0.25) is 0 Å². The van der Waals surface area contributed by atoms with Gasteiger partial charge in [-0.05, 0) is 12.8 Å². The maximum absolute atomic E-state index is 11.0. The Morgan fingerprint density at radius 1 is 1.50 bits per heavy atom. The van der Waals surface area contributed by atoms with E-state index in [4.69, 9.17) is 14.2 Å². The highest BCUT2D eigenvalue weighted by molar-refractivity contribution is 5.81. The van der Waals surface area contributed by atoms with Gasteiger partial charge in [0.2, 0.25) is 5.79 Å². The van der Waals surface area contributed by atoms with E-state index >= 15 is 0 Å². The Balaban J connectivity index is 2.49. The minimum absolute atomic E-state index is 0.270. The second-order valence-electron chi connectivity index (χ2n) is 3.37. The normalized spacial score (nSPS) is 28.6. The summed E-state index contributed by atoms with van der Waals surface area (Å²) >= 11 is 0. The maximum atomic E-state index is 11.0. The summed E-state index contributed by atoms with van der Waals surface area (Å²) in [5.74, 6) is -1.46. The summed E-state index contributed by atoms with van der Waals surface area (Å²) in [5, 5.41) is 0. The number of hydrogen-bond donors (Lipinski definition) is 0. The summed E-state index contributed by atoms with van der Waals surface area (Å²) in [6.07, 6.45) is 3.01. The van der Waals surface area contributed by atoms with E-state index < -0.39 is 11.8 Å². The number of rotatable bonds is 2. The molecule has 0 amide bonds. The van der Waals surface area contributed by atoms with Gasteiger partial charge in [-0.2, -0.15) is 0 Å². The zero-order valence-electron chi connectivity index (χ0n) is 8.45. The first-order valence-electron chi connectivity index (χ1n) is 4.73. The highest BCUT2D eigenvalue weighted by Crippen LogP contribution is 2.17. The molecule has 0 bridgehead atoms. The molecule has 0 spiro atoms. The molecule has 80 valence electrons. The van der Waals surface area contributed by atoms with Crippen LogP contribution in [0.5, 0.6) is 0 Å². The van der Waals surface area contributed by atoms with Gasteiger partial charge in [-0.3, -0.25) is 0 Å². The molecular formula is C10H16O4. The Morgan fingerprint density at radius 2 is 2.21 bits per heavy atom. The average Bonchev–Trinajstić information content (AvgIpc) is 2.12. The molecule has 1 heterocycles. The molecule has 1 aliphatic heterocycles. The zero-order valence-corrected chi connectivity index (χ0v) is 8.45. The fourth-order valence-corrected chi connectivity index (χ4v) is 1.21. The third-order valence-corrected chi connectivity index (χ3v) is 1.94. The standard InChI is InChI=1S/C10H16O4/c1-3-9(11)14-10(2)8-12-6-4-5-7-13-10/h3H,1,4-8H2,2H3. The molecule has 1 rings (SSSR count). The molecule has 4 nitrogen and oxygen atoms in total. The van der Waals surface area contributed by atoms with Crippen LogP contribution in [0.4, 0.5) is 0 Å². The van der Waals surface area contributed by atoms with Gasteiger partial charge in [0.1, 0.15) is 6.61 Å². The van der Waals surface area contributed by atoms with E-state index in [1.54, 1.807) is 6.92 Å². The molecule has 1 aliphatic rings. The first-order valence-corrected chi connectivity index (χ1v) is 4.73. The van der Waals surface area contributed by atoms with Crippen LogP contribution in [-0.2, 0) is 19.0 Å². The lowest BCUT2D eigenvalue weighted by molar-refractivity contribution is -0.245. The molecule has 0 radical (unpaired) electrons. The largest absolute Gasteiger partial charge is 0.428 e. The molecule has 1 fully saturated rings. The van der Waals surface area contributed by atoms with Crippen molar-refractivity contribution in [2.24, 2.45) is 0 Å². The predicted molar refractivity (Wildman–Crippen MR) is 50.7 cm³/mol. The van der Waals surface area contributed by atoms with E-state index in [-0.39, 0.29) is 6.61 Å². The van der Waals surface area contributed by atoms with E-state index in [1.807, 2.05) is 0 Å². The fourth-order valence-electron chi connectivity index (χ4n) is 1.21. The molecule has 0 aromatic carbocycles. The minimum Gasteiger partial charge on any atom is -0.428 e. The molecule has 0 aliphatic carbocycles. The molecule has 0 saturated carbocycles. The number of ether oxygens (including phenoxy) is 3. The van der Waals surface area contributed by atoms with E-state index in [1.165, 1.54) is 0 Å². The topological polar surface area (TPSA) is 44.8 Å².